The molecule has 15 nitrogen and oxygen atoms in total. The monoisotopic (exact) mass is 1110 g/mol. The zero-order valence-electron chi connectivity index (χ0n) is 42.6. The average Bonchev–Trinajstić information content (AvgIpc) is 3.77. The third-order valence-electron chi connectivity index (χ3n) is 13.5. The van der Waals surface area contributed by atoms with E-state index in [9.17, 15) is 0 Å². The molecule has 0 radical (unpaired) electrons. The van der Waals surface area contributed by atoms with E-state index < -0.39 is 14.0 Å². The second-order valence-electron chi connectivity index (χ2n) is 20.6. The summed E-state index contributed by atoms with van der Waals surface area (Å²) < 4.78 is 64.9. The van der Waals surface area contributed by atoms with Crippen LogP contribution < -0.4 is 14.9 Å². The van der Waals surface area contributed by atoms with Crippen LogP contribution in [0.25, 0.3) is 0 Å². The van der Waals surface area contributed by atoms with Crippen molar-refractivity contribution in [2.75, 3.05) is 39.6 Å². The summed E-state index contributed by atoms with van der Waals surface area (Å²) in [5.74, 6) is 1.34. The minimum atomic E-state index is -0.476. The molecule has 0 bridgehead atoms. The first-order chi connectivity index (χ1) is 32.3. The average molecular weight is 1110 g/mol. The zero-order chi connectivity index (χ0) is 50.7. The number of hydrogen-bond acceptors (Lipinski definition) is 15. The molecule has 6 fully saturated rings. The highest BCUT2D eigenvalue weighted by atomic mass is 79.9. The fourth-order valence-corrected chi connectivity index (χ4v) is 7.56. The number of halogens is 3. The lowest BCUT2D eigenvalue weighted by atomic mass is 9.49. The number of nitrogens with zero attached hydrogens (tertiary/aromatic N) is 3. The number of aromatic nitrogens is 3. The molecule has 69 heavy (non-hydrogen) atoms. The lowest BCUT2D eigenvalue weighted by Crippen LogP contribution is -2.41. The summed E-state index contributed by atoms with van der Waals surface area (Å²) in [5, 5.41) is 9.35. The van der Waals surface area contributed by atoms with E-state index in [2.05, 4.69) is 46.8 Å². The van der Waals surface area contributed by atoms with Crippen molar-refractivity contribution in [3.63, 3.8) is 0 Å². The molecule has 0 saturated carbocycles. The molecular weight excluding hydrogens is 1040 g/mol. The molecule has 6 aliphatic rings. The molecular formula is C48H73B3Br2ClN3O12. The Balaban J connectivity index is 0.000000170. The van der Waals surface area contributed by atoms with E-state index in [-0.39, 0.29) is 59.0 Å². The highest BCUT2D eigenvalue weighted by Crippen LogP contribution is 2.43. The summed E-state index contributed by atoms with van der Waals surface area (Å²) in [6.45, 7) is 29.0. The maximum absolute atomic E-state index is 8.83. The molecule has 3 aromatic heterocycles. The Morgan fingerprint density at radius 2 is 0.841 bits per heavy atom. The Morgan fingerprint density at radius 1 is 0.493 bits per heavy atom. The van der Waals surface area contributed by atoms with Crippen LogP contribution in [-0.4, -0.2) is 133 Å². The first-order valence-electron chi connectivity index (χ1n) is 23.9. The third kappa shape index (κ3) is 17.4. The number of pyridine rings is 3. The quantitative estimate of drug-likeness (QED) is 0.184. The number of rotatable bonds is 6. The highest BCUT2D eigenvalue weighted by Gasteiger charge is 2.63. The summed E-state index contributed by atoms with van der Waals surface area (Å²) in [5.41, 5.74) is -1.20. The van der Waals surface area contributed by atoms with E-state index in [0.717, 1.165) is 92.6 Å². The normalized spacial score (nSPS) is 23.4. The minimum Gasteiger partial charge on any atom is -0.474 e. The van der Waals surface area contributed by atoms with Crippen LogP contribution in [-0.2, 0) is 42.1 Å². The van der Waals surface area contributed by atoms with Crippen molar-refractivity contribution in [2.45, 2.75) is 174 Å². The van der Waals surface area contributed by atoms with Crippen molar-refractivity contribution in [1.29, 1.82) is 0 Å². The minimum absolute atomic E-state index is 0.0891. The molecule has 0 aliphatic carbocycles. The molecule has 1 N–H and O–H groups in total. The number of aliphatic hydroxyl groups is 1. The molecule has 6 saturated heterocycles. The van der Waals surface area contributed by atoms with Crippen molar-refractivity contribution in [1.82, 2.24) is 15.0 Å². The summed E-state index contributed by atoms with van der Waals surface area (Å²) in [6, 6.07) is 11.2. The van der Waals surface area contributed by atoms with Gasteiger partial charge in [-0.2, -0.15) is 0 Å². The standard InChI is InChI=1S/C16H24BNO4.C12H24B2O4.C10H12BrNO2.C5H3BrClN.C5H10O2/c1-15(2)16(3,4)22-17(21-15)12-5-6-14(18-11-12)20-13-7-9-19-10-8-13;1-9(2)10(3,4)16-13(15-9)14-17-11(5,6)12(7,8)18-14;11-8-1-2-10(12-7-8)14-9-3-5-13-6-4-9;6-4-1-2-5(7)8-3-4;6-5-1-3-7-4-2-5/h5-6,11,13H,7-10H2,1-4H3;1-8H3;1-2,7,9H,3-6H2;1-3H;5-6H,1-4H2. The molecule has 9 heterocycles. The van der Waals surface area contributed by atoms with E-state index in [1.54, 1.807) is 24.7 Å². The van der Waals surface area contributed by atoms with E-state index >= 15 is 0 Å². The summed E-state index contributed by atoms with van der Waals surface area (Å²) in [4.78, 5) is 12.3. The maximum Gasteiger partial charge on any atom is 0.496 e. The topological polar surface area (TPSA) is 160 Å². The largest absolute Gasteiger partial charge is 0.496 e. The van der Waals surface area contributed by atoms with E-state index in [0.29, 0.717) is 16.9 Å². The lowest BCUT2D eigenvalue weighted by molar-refractivity contribution is 0.00578. The van der Waals surface area contributed by atoms with Crippen LogP contribution in [0.15, 0.2) is 63.9 Å². The molecule has 3 aromatic rings. The molecule has 382 valence electrons. The fourth-order valence-electron chi connectivity index (χ4n) is 6.98. The van der Waals surface area contributed by atoms with Crippen LogP contribution in [0.5, 0.6) is 11.8 Å². The van der Waals surface area contributed by atoms with Gasteiger partial charge in [0.25, 0.3) is 0 Å². The Bertz CT molecular complexity index is 1890. The van der Waals surface area contributed by atoms with Crippen LogP contribution in [0.2, 0.25) is 5.15 Å². The Hall–Kier alpha value is -1.91. The van der Waals surface area contributed by atoms with Gasteiger partial charge in [0.05, 0.1) is 66.1 Å². The summed E-state index contributed by atoms with van der Waals surface area (Å²) >= 11 is 12.0. The van der Waals surface area contributed by atoms with Crippen molar-refractivity contribution < 1.29 is 56.7 Å². The predicted octanol–water partition coefficient (Wildman–Crippen LogP) is 9.24. The number of aliphatic hydroxyl groups excluding tert-OH is 1. The van der Waals surface area contributed by atoms with Crippen LogP contribution in [0, 0.1) is 0 Å². The molecule has 0 unspecified atom stereocenters. The smallest absolute Gasteiger partial charge is 0.474 e. The second kappa shape index (κ2) is 25.4. The Labute approximate surface area is 433 Å². The van der Waals surface area contributed by atoms with Gasteiger partial charge in [-0.1, -0.05) is 17.7 Å². The summed E-state index contributed by atoms with van der Waals surface area (Å²) in [6.07, 6.45) is 10.9. The lowest BCUT2D eigenvalue weighted by Gasteiger charge is -2.32. The van der Waals surface area contributed by atoms with E-state index in [1.165, 1.54) is 0 Å². The van der Waals surface area contributed by atoms with Crippen molar-refractivity contribution >= 4 is 70.1 Å². The van der Waals surface area contributed by atoms with E-state index in [1.807, 2.05) is 113 Å². The van der Waals surface area contributed by atoms with Gasteiger partial charge in [0.2, 0.25) is 11.8 Å². The number of hydrogen-bond donors (Lipinski definition) is 1. The number of ether oxygens (including phenoxy) is 5. The molecule has 0 aromatic carbocycles. The van der Waals surface area contributed by atoms with Crippen molar-refractivity contribution in [3.05, 3.63) is 69.1 Å². The van der Waals surface area contributed by atoms with E-state index in [4.69, 9.17) is 68.3 Å². The molecule has 0 spiro atoms. The van der Waals surface area contributed by atoms with Gasteiger partial charge < -0.3 is 56.7 Å². The fraction of sp³-hybridized carbons (Fsp3) is 0.688. The van der Waals surface area contributed by atoms with Crippen molar-refractivity contribution in [2.24, 2.45) is 0 Å². The van der Waals surface area contributed by atoms with Gasteiger partial charge in [-0.05, 0) is 152 Å². The van der Waals surface area contributed by atoms with Gasteiger partial charge in [0.15, 0.2) is 0 Å². The molecule has 9 rings (SSSR count). The van der Waals surface area contributed by atoms with Gasteiger partial charge in [-0.25, -0.2) is 15.0 Å². The third-order valence-corrected chi connectivity index (χ3v) is 14.7. The van der Waals surface area contributed by atoms with Crippen LogP contribution in [0.4, 0.5) is 0 Å². The Kier molecular flexibility index (Phi) is 21.3. The van der Waals surface area contributed by atoms with Crippen LogP contribution in [0.1, 0.15) is 122 Å². The summed E-state index contributed by atoms with van der Waals surface area (Å²) in [7, 11) is -1.33. The van der Waals surface area contributed by atoms with Crippen LogP contribution in [0.3, 0.4) is 0 Å². The van der Waals surface area contributed by atoms with Gasteiger partial charge in [0.1, 0.15) is 17.4 Å². The molecule has 0 amide bonds. The molecule has 0 atom stereocenters. The van der Waals surface area contributed by atoms with Crippen molar-refractivity contribution in [3.8, 4) is 11.8 Å². The Morgan fingerprint density at radius 3 is 1.14 bits per heavy atom. The predicted molar refractivity (Wildman–Crippen MR) is 276 cm³/mol. The highest BCUT2D eigenvalue weighted by molar-refractivity contribution is 9.10. The molecule has 6 aliphatic heterocycles. The first kappa shape index (κ1) is 58.0. The van der Waals surface area contributed by atoms with Gasteiger partial charge in [-0.15, -0.1) is 0 Å². The zero-order valence-corrected chi connectivity index (χ0v) is 46.5. The maximum atomic E-state index is 8.83. The van der Waals surface area contributed by atoms with Gasteiger partial charge in [-0.3, -0.25) is 0 Å². The first-order valence-corrected chi connectivity index (χ1v) is 25.9. The molecule has 21 heteroatoms. The SMILES string of the molecule is Brc1ccc(OC2CCOCC2)nc1.CC1(C)OB(B2OC(C)(C)C(C)(C)O2)OC1(C)C.CC1(C)OB(c2ccc(OC3CCOCC3)nc2)OC1(C)C.Clc1ccc(Br)cn1.OC1CCOCC1. The van der Waals surface area contributed by atoms with Gasteiger partial charge in [0, 0.05) is 78.0 Å². The second-order valence-corrected chi connectivity index (χ2v) is 22.8. The van der Waals surface area contributed by atoms with Gasteiger partial charge >= 0.3 is 21.1 Å². The van der Waals surface area contributed by atoms with Crippen LogP contribution >= 0.6 is 43.5 Å².